The molecule has 1 saturated carbocycles. The third-order valence-electron chi connectivity index (χ3n) is 4.11. The minimum absolute atomic E-state index is 0.283. The zero-order valence-corrected chi connectivity index (χ0v) is 14.8. The number of ether oxygens (including phenoxy) is 2. The van der Waals surface area contributed by atoms with E-state index in [-0.39, 0.29) is 6.79 Å². The van der Waals surface area contributed by atoms with Gasteiger partial charge in [0.1, 0.15) is 11.6 Å². The van der Waals surface area contributed by atoms with Crippen LogP contribution < -0.4 is 4.74 Å². The van der Waals surface area contributed by atoms with Crippen LogP contribution in [-0.4, -0.2) is 21.6 Å². The Morgan fingerprint density at radius 3 is 3.04 bits per heavy atom. The molecule has 2 aromatic rings. The summed E-state index contributed by atoms with van der Waals surface area (Å²) in [7, 11) is 0. The molecule has 2 heterocycles. The molecule has 0 amide bonds. The van der Waals surface area contributed by atoms with E-state index >= 15 is 0 Å². The van der Waals surface area contributed by atoms with Crippen molar-refractivity contribution in [3.63, 3.8) is 0 Å². The molecule has 7 heteroatoms. The van der Waals surface area contributed by atoms with Gasteiger partial charge in [0, 0.05) is 34.4 Å². The lowest BCUT2D eigenvalue weighted by Crippen LogP contribution is -2.13. The smallest absolute Gasteiger partial charge is 0.191 e. The second-order valence-electron chi connectivity index (χ2n) is 5.97. The van der Waals surface area contributed by atoms with Gasteiger partial charge in [-0.2, -0.15) is 0 Å². The van der Waals surface area contributed by atoms with Crippen molar-refractivity contribution in [1.82, 2.24) is 14.8 Å². The number of benzene rings is 1. The first-order chi connectivity index (χ1) is 11.8. The first-order valence-corrected chi connectivity index (χ1v) is 9.31. The summed E-state index contributed by atoms with van der Waals surface area (Å²) in [4.78, 5) is 0. The van der Waals surface area contributed by atoms with Crippen LogP contribution in [-0.2, 0) is 23.6 Å². The van der Waals surface area contributed by atoms with E-state index in [2.05, 4.69) is 21.3 Å². The van der Waals surface area contributed by atoms with Crippen LogP contribution in [0.25, 0.3) is 0 Å². The molecular weight excluding hydrogens is 346 g/mol. The van der Waals surface area contributed by atoms with Gasteiger partial charge >= 0.3 is 0 Å². The second kappa shape index (κ2) is 6.78. The van der Waals surface area contributed by atoms with Crippen LogP contribution in [0.15, 0.2) is 29.9 Å². The van der Waals surface area contributed by atoms with Crippen molar-refractivity contribution in [3.8, 4) is 5.75 Å². The molecule has 1 fully saturated rings. The van der Waals surface area contributed by atoms with E-state index in [1.54, 1.807) is 11.8 Å². The Morgan fingerprint density at radius 2 is 2.25 bits per heavy atom. The largest absolute Gasteiger partial charge is 0.467 e. The highest BCUT2D eigenvalue weighted by Crippen LogP contribution is 2.41. The van der Waals surface area contributed by atoms with Crippen LogP contribution >= 0.6 is 23.4 Å². The molecule has 1 aromatic carbocycles. The van der Waals surface area contributed by atoms with Gasteiger partial charge in [-0.1, -0.05) is 29.4 Å². The van der Waals surface area contributed by atoms with E-state index in [9.17, 15) is 0 Å². The summed E-state index contributed by atoms with van der Waals surface area (Å²) in [5, 5.41) is 10.4. The maximum Gasteiger partial charge on any atom is 0.191 e. The van der Waals surface area contributed by atoms with E-state index in [1.807, 2.05) is 18.2 Å². The highest BCUT2D eigenvalue weighted by molar-refractivity contribution is 7.98. The van der Waals surface area contributed by atoms with Gasteiger partial charge in [-0.05, 0) is 25.0 Å². The molecule has 0 saturated heterocycles. The Hall–Kier alpha value is -1.50. The predicted molar refractivity (Wildman–Crippen MR) is 93.5 cm³/mol. The van der Waals surface area contributed by atoms with E-state index in [4.69, 9.17) is 21.1 Å². The van der Waals surface area contributed by atoms with Crippen LogP contribution in [0.4, 0.5) is 0 Å². The van der Waals surface area contributed by atoms with Gasteiger partial charge in [0.05, 0.1) is 6.61 Å². The average molecular weight is 364 g/mol. The van der Waals surface area contributed by atoms with Crippen LogP contribution in [0, 0.1) is 0 Å². The average Bonchev–Trinajstić information content (AvgIpc) is 3.35. The van der Waals surface area contributed by atoms with E-state index in [1.165, 1.54) is 12.8 Å². The molecular formula is C17H18ClN3O2S. The van der Waals surface area contributed by atoms with Crippen molar-refractivity contribution in [2.45, 2.75) is 42.8 Å². The number of rotatable bonds is 6. The van der Waals surface area contributed by atoms with Gasteiger partial charge in [-0.25, -0.2) is 0 Å². The first kappa shape index (κ1) is 16.0. The summed E-state index contributed by atoms with van der Waals surface area (Å²) >= 11 is 7.88. The molecule has 0 spiro atoms. The number of allylic oxidation sites excluding steroid dienone is 1. The third kappa shape index (κ3) is 3.18. The number of nitrogens with zero attached hydrogens (tertiary/aromatic N) is 3. The molecule has 1 aliphatic carbocycles. The number of hydrogen-bond acceptors (Lipinski definition) is 5. The molecule has 0 N–H and O–H groups in total. The van der Waals surface area contributed by atoms with Crippen molar-refractivity contribution in [1.29, 1.82) is 0 Å². The van der Waals surface area contributed by atoms with Crippen LogP contribution in [0.3, 0.4) is 0 Å². The maximum absolute atomic E-state index is 6.23. The Labute approximate surface area is 150 Å². The molecule has 0 atom stereocenters. The summed E-state index contributed by atoms with van der Waals surface area (Å²) in [5.41, 5.74) is 2.06. The number of thioether (sulfide) groups is 1. The second-order valence-corrected chi connectivity index (χ2v) is 7.35. The van der Waals surface area contributed by atoms with Gasteiger partial charge in [-0.3, -0.25) is 0 Å². The monoisotopic (exact) mass is 363 g/mol. The zero-order chi connectivity index (χ0) is 16.5. The van der Waals surface area contributed by atoms with Crippen molar-refractivity contribution >= 4 is 23.4 Å². The minimum Gasteiger partial charge on any atom is -0.467 e. The Balaban J connectivity index is 1.57. The fourth-order valence-electron chi connectivity index (χ4n) is 2.86. The fraction of sp³-hybridized carbons (Fsp3) is 0.412. The standard InChI is InChI=1S/C17H18ClN3O2S/c1-2-5-21-16(11-3-4-11)19-20-17(21)24-9-13-7-14(18)6-12-8-22-10-23-15(12)13/h2,6-7,11H,1,3-5,8-10H2. The summed E-state index contributed by atoms with van der Waals surface area (Å²) in [5.74, 6) is 3.25. The number of fused-ring (bicyclic) bond motifs is 1. The number of halogens is 1. The van der Waals surface area contributed by atoms with E-state index < -0.39 is 0 Å². The van der Waals surface area contributed by atoms with Crippen molar-refractivity contribution in [2.24, 2.45) is 0 Å². The van der Waals surface area contributed by atoms with Crippen LogP contribution in [0.2, 0.25) is 5.02 Å². The lowest BCUT2D eigenvalue weighted by atomic mass is 10.1. The van der Waals surface area contributed by atoms with Crippen molar-refractivity contribution in [3.05, 3.63) is 46.8 Å². The Morgan fingerprint density at radius 1 is 1.38 bits per heavy atom. The molecule has 24 heavy (non-hydrogen) atoms. The van der Waals surface area contributed by atoms with Gasteiger partial charge in [0.15, 0.2) is 11.9 Å². The molecule has 126 valence electrons. The summed E-state index contributed by atoms with van der Waals surface area (Å²) in [6, 6.07) is 3.85. The number of hydrogen-bond donors (Lipinski definition) is 0. The van der Waals surface area contributed by atoms with E-state index in [0.717, 1.165) is 40.2 Å². The molecule has 2 aliphatic rings. The summed E-state index contributed by atoms with van der Waals surface area (Å²) < 4.78 is 13.2. The zero-order valence-electron chi connectivity index (χ0n) is 13.2. The maximum atomic E-state index is 6.23. The first-order valence-electron chi connectivity index (χ1n) is 7.95. The summed E-state index contributed by atoms with van der Waals surface area (Å²) in [6.07, 6.45) is 4.30. The molecule has 1 aromatic heterocycles. The minimum atomic E-state index is 0.283. The molecule has 1 aliphatic heterocycles. The van der Waals surface area contributed by atoms with Gasteiger partial charge in [-0.15, -0.1) is 16.8 Å². The van der Waals surface area contributed by atoms with Gasteiger partial charge in [0.2, 0.25) is 0 Å². The summed E-state index contributed by atoms with van der Waals surface area (Å²) in [6.45, 7) is 5.40. The predicted octanol–water partition coefficient (Wildman–Crippen LogP) is 4.15. The topological polar surface area (TPSA) is 49.2 Å². The Bertz CT molecular complexity index is 773. The molecule has 0 unspecified atom stereocenters. The Kier molecular flexibility index (Phi) is 4.52. The lowest BCUT2D eigenvalue weighted by Gasteiger charge is -2.21. The highest BCUT2D eigenvalue weighted by atomic mass is 35.5. The van der Waals surface area contributed by atoms with Crippen LogP contribution in [0.5, 0.6) is 5.75 Å². The van der Waals surface area contributed by atoms with E-state index in [0.29, 0.717) is 17.5 Å². The van der Waals surface area contributed by atoms with Crippen LogP contribution in [0.1, 0.15) is 35.7 Å². The van der Waals surface area contributed by atoms with Crippen molar-refractivity contribution in [2.75, 3.05) is 6.79 Å². The molecule has 5 nitrogen and oxygen atoms in total. The van der Waals surface area contributed by atoms with Crippen molar-refractivity contribution < 1.29 is 9.47 Å². The molecule has 0 bridgehead atoms. The fourth-order valence-corrected chi connectivity index (χ4v) is 4.04. The normalized spacial score (nSPS) is 16.5. The SMILES string of the molecule is C=CCn1c(SCc2cc(Cl)cc3c2OCOC3)nnc1C1CC1. The molecule has 4 rings (SSSR count). The highest BCUT2D eigenvalue weighted by Gasteiger charge is 2.30. The lowest BCUT2D eigenvalue weighted by molar-refractivity contribution is -0.0168. The quantitative estimate of drug-likeness (QED) is 0.570. The van der Waals surface area contributed by atoms with Gasteiger partial charge < -0.3 is 14.0 Å². The third-order valence-corrected chi connectivity index (χ3v) is 5.34. The number of aromatic nitrogens is 3. The molecule has 0 radical (unpaired) electrons. The van der Waals surface area contributed by atoms with Gasteiger partial charge in [0.25, 0.3) is 0 Å².